The third-order valence-electron chi connectivity index (χ3n) is 3.69. The number of piperazine rings is 1. The van der Waals surface area contributed by atoms with Gasteiger partial charge in [-0.2, -0.15) is 5.26 Å². The summed E-state index contributed by atoms with van der Waals surface area (Å²) in [7, 11) is 0. The lowest BCUT2D eigenvalue weighted by Gasteiger charge is -2.34. The van der Waals surface area contributed by atoms with Crippen LogP contribution in [0.5, 0.6) is 0 Å². The van der Waals surface area contributed by atoms with Crippen LogP contribution in [0.1, 0.15) is 29.1 Å². The van der Waals surface area contributed by atoms with Crippen LogP contribution in [0.4, 0.5) is 10.7 Å². The molecule has 21 heavy (non-hydrogen) atoms. The van der Waals surface area contributed by atoms with E-state index in [1.807, 2.05) is 6.92 Å². The normalized spacial score (nSPS) is 15.8. The van der Waals surface area contributed by atoms with Gasteiger partial charge in [-0.25, -0.2) is 0 Å². The minimum Gasteiger partial charge on any atom is -0.396 e. The molecular weight excluding hydrogens is 286 g/mol. The predicted octanol–water partition coefficient (Wildman–Crippen LogP) is 1.09. The fourth-order valence-corrected chi connectivity index (χ4v) is 3.58. The van der Waals surface area contributed by atoms with Crippen molar-refractivity contribution in [2.45, 2.75) is 13.8 Å². The summed E-state index contributed by atoms with van der Waals surface area (Å²) in [5.74, 6) is -0.199. The number of carbonyl (C=O) groups excluding carboxylic acids is 1. The van der Waals surface area contributed by atoms with Crippen molar-refractivity contribution < 1.29 is 4.79 Å². The Morgan fingerprint density at radius 3 is 2.57 bits per heavy atom. The number of nitrogens with two attached hydrogens (primary N) is 1. The number of carbonyl (C=O) groups is 1. The number of nitrogen functional groups attached to an aromatic ring is 1. The summed E-state index contributed by atoms with van der Waals surface area (Å²) in [5.41, 5.74) is 6.74. The maximum absolute atomic E-state index is 12.0. The monoisotopic (exact) mass is 307 g/mol. The zero-order valence-corrected chi connectivity index (χ0v) is 13.3. The number of thiophene rings is 1. The van der Waals surface area contributed by atoms with Crippen molar-refractivity contribution in [3.05, 3.63) is 10.4 Å². The first-order valence-electron chi connectivity index (χ1n) is 7.20. The van der Waals surface area contributed by atoms with E-state index < -0.39 is 0 Å². The van der Waals surface area contributed by atoms with E-state index in [2.05, 4.69) is 28.1 Å². The SMILES string of the molecule is CCNC(=O)c1sc(N2CCN(CC)CC2)c(C#N)c1N. The molecule has 0 aliphatic carbocycles. The number of rotatable bonds is 4. The molecule has 0 radical (unpaired) electrons. The highest BCUT2D eigenvalue weighted by Gasteiger charge is 2.26. The van der Waals surface area contributed by atoms with Crippen LogP contribution in [-0.2, 0) is 0 Å². The highest BCUT2D eigenvalue weighted by molar-refractivity contribution is 7.19. The lowest BCUT2D eigenvalue weighted by atomic mass is 10.2. The largest absolute Gasteiger partial charge is 0.396 e. The van der Waals surface area contributed by atoms with E-state index in [1.54, 1.807) is 0 Å². The Kier molecular flexibility index (Phi) is 5.04. The molecule has 6 nitrogen and oxygen atoms in total. The predicted molar refractivity (Wildman–Crippen MR) is 85.8 cm³/mol. The second kappa shape index (κ2) is 6.78. The summed E-state index contributed by atoms with van der Waals surface area (Å²) in [6.07, 6.45) is 0. The minimum absolute atomic E-state index is 0.199. The first-order chi connectivity index (χ1) is 10.1. The van der Waals surface area contributed by atoms with Gasteiger partial charge in [0.2, 0.25) is 0 Å². The second-order valence-electron chi connectivity index (χ2n) is 4.92. The molecule has 1 amide bonds. The van der Waals surface area contributed by atoms with Crippen molar-refractivity contribution in [3.8, 4) is 6.07 Å². The Bertz CT molecular complexity index is 554. The molecule has 0 aromatic carbocycles. The average Bonchev–Trinajstić information content (AvgIpc) is 2.84. The number of likely N-dealkylation sites (N-methyl/N-ethyl adjacent to an activating group) is 1. The van der Waals surface area contributed by atoms with Gasteiger partial charge in [0.1, 0.15) is 21.5 Å². The highest BCUT2D eigenvalue weighted by Crippen LogP contribution is 2.38. The topological polar surface area (TPSA) is 85.4 Å². The molecule has 3 N–H and O–H groups in total. The van der Waals surface area contributed by atoms with E-state index in [9.17, 15) is 10.1 Å². The number of amides is 1. The standard InChI is InChI=1S/C14H21N5OS/c1-3-17-13(20)12-11(16)10(9-15)14(21-12)19-7-5-18(4-2)6-8-19/h3-8,16H2,1-2H3,(H,17,20). The number of anilines is 2. The molecule has 0 spiro atoms. The van der Waals surface area contributed by atoms with Gasteiger partial charge in [-0.15, -0.1) is 11.3 Å². The van der Waals surface area contributed by atoms with E-state index in [0.29, 0.717) is 22.7 Å². The Hall–Kier alpha value is -1.78. The molecule has 1 aromatic rings. The maximum Gasteiger partial charge on any atom is 0.263 e. The van der Waals surface area contributed by atoms with Crippen LogP contribution < -0.4 is 16.0 Å². The van der Waals surface area contributed by atoms with Gasteiger partial charge in [-0.05, 0) is 13.5 Å². The summed E-state index contributed by atoms with van der Waals surface area (Å²) < 4.78 is 0. The van der Waals surface area contributed by atoms with Crippen LogP contribution in [0.25, 0.3) is 0 Å². The molecule has 7 heteroatoms. The van der Waals surface area contributed by atoms with Gasteiger partial charge in [0.25, 0.3) is 5.91 Å². The third kappa shape index (κ3) is 3.12. The Morgan fingerprint density at radius 2 is 2.05 bits per heavy atom. The lowest BCUT2D eigenvalue weighted by Crippen LogP contribution is -2.46. The number of nitriles is 1. The van der Waals surface area contributed by atoms with Crippen LogP contribution in [0.15, 0.2) is 0 Å². The molecule has 0 atom stereocenters. The molecule has 1 saturated heterocycles. The number of hydrogen-bond acceptors (Lipinski definition) is 6. The van der Waals surface area contributed by atoms with Gasteiger partial charge in [-0.3, -0.25) is 4.79 Å². The molecule has 1 aliphatic rings. The fraction of sp³-hybridized carbons (Fsp3) is 0.571. The Labute approximate surface area is 129 Å². The van der Waals surface area contributed by atoms with E-state index in [0.717, 1.165) is 37.7 Å². The van der Waals surface area contributed by atoms with E-state index in [4.69, 9.17) is 5.73 Å². The van der Waals surface area contributed by atoms with Crippen LogP contribution in [-0.4, -0.2) is 50.1 Å². The molecule has 1 aromatic heterocycles. The van der Waals surface area contributed by atoms with Crippen molar-refractivity contribution in [3.63, 3.8) is 0 Å². The molecule has 0 saturated carbocycles. The Balaban J connectivity index is 2.26. The molecule has 1 aliphatic heterocycles. The van der Waals surface area contributed by atoms with Crippen LogP contribution in [0, 0.1) is 11.3 Å². The molecular formula is C14H21N5OS. The van der Waals surface area contributed by atoms with E-state index >= 15 is 0 Å². The molecule has 0 bridgehead atoms. The first-order valence-corrected chi connectivity index (χ1v) is 8.01. The van der Waals surface area contributed by atoms with Gasteiger partial charge in [-0.1, -0.05) is 6.92 Å². The second-order valence-corrected chi connectivity index (χ2v) is 5.92. The average molecular weight is 307 g/mol. The van der Waals surface area contributed by atoms with Gasteiger partial charge in [0, 0.05) is 32.7 Å². The molecule has 2 rings (SSSR count). The van der Waals surface area contributed by atoms with Gasteiger partial charge < -0.3 is 20.9 Å². The summed E-state index contributed by atoms with van der Waals surface area (Å²) in [4.78, 5) is 17.0. The fourth-order valence-electron chi connectivity index (χ4n) is 2.44. The minimum atomic E-state index is -0.199. The first kappa shape index (κ1) is 15.6. The van der Waals surface area contributed by atoms with Gasteiger partial charge >= 0.3 is 0 Å². The number of nitrogens with zero attached hydrogens (tertiary/aromatic N) is 3. The quantitative estimate of drug-likeness (QED) is 0.870. The van der Waals surface area contributed by atoms with Crippen molar-refractivity contribution in [1.29, 1.82) is 5.26 Å². The van der Waals surface area contributed by atoms with Crippen molar-refractivity contribution in [1.82, 2.24) is 10.2 Å². The molecule has 114 valence electrons. The van der Waals surface area contributed by atoms with Crippen molar-refractivity contribution >= 4 is 27.9 Å². The maximum atomic E-state index is 12.0. The number of hydrogen-bond donors (Lipinski definition) is 2. The van der Waals surface area contributed by atoms with Gasteiger partial charge in [0.05, 0.1) is 5.69 Å². The molecule has 2 heterocycles. The Morgan fingerprint density at radius 1 is 1.38 bits per heavy atom. The zero-order valence-electron chi connectivity index (χ0n) is 12.5. The molecule has 0 unspecified atom stereocenters. The highest BCUT2D eigenvalue weighted by atomic mass is 32.1. The zero-order chi connectivity index (χ0) is 15.4. The van der Waals surface area contributed by atoms with Crippen LogP contribution in [0.3, 0.4) is 0 Å². The van der Waals surface area contributed by atoms with Gasteiger partial charge in [0.15, 0.2) is 0 Å². The van der Waals surface area contributed by atoms with Crippen LogP contribution in [0.2, 0.25) is 0 Å². The summed E-state index contributed by atoms with van der Waals surface area (Å²) in [6, 6.07) is 2.15. The van der Waals surface area contributed by atoms with Crippen LogP contribution >= 0.6 is 11.3 Å². The summed E-state index contributed by atoms with van der Waals surface area (Å²) >= 11 is 1.32. The van der Waals surface area contributed by atoms with E-state index in [1.165, 1.54) is 11.3 Å². The third-order valence-corrected chi connectivity index (χ3v) is 4.95. The lowest BCUT2D eigenvalue weighted by molar-refractivity contribution is 0.0960. The summed E-state index contributed by atoms with van der Waals surface area (Å²) in [5, 5.41) is 12.9. The van der Waals surface area contributed by atoms with Crippen molar-refractivity contribution in [2.75, 3.05) is 49.9 Å². The van der Waals surface area contributed by atoms with E-state index in [-0.39, 0.29) is 5.91 Å². The summed E-state index contributed by atoms with van der Waals surface area (Å²) in [6.45, 7) is 9.24. The van der Waals surface area contributed by atoms with Crippen molar-refractivity contribution in [2.24, 2.45) is 0 Å². The number of nitrogens with one attached hydrogen (secondary N) is 1. The molecule has 1 fully saturated rings. The smallest absolute Gasteiger partial charge is 0.263 e.